The number of carbonyl (C=O) groups excluding carboxylic acids is 1. The Hall–Kier alpha value is -3.62. The predicted molar refractivity (Wildman–Crippen MR) is 104 cm³/mol. The molecule has 0 spiro atoms. The van der Waals surface area contributed by atoms with Gasteiger partial charge in [-0.1, -0.05) is 0 Å². The first kappa shape index (κ1) is 20.1. The van der Waals surface area contributed by atoms with Crippen molar-refractivity contribution < 1.29 is 23.7 Å². The molecule has 1 aromatic carbocycles. The normalized spacial score (nSPS) is 10.6. The average Bonchev–Trinajstić information content (AvgIpc) is 3.05. The summed E-state index contributed by atoms with van der Waals surface area (Å²) in [5.41, 5.74) is 2.44. The van der Waals surface area contributed by atoms with Gasteiger partial charge < -0.3 is 18.9 Å². The Morgan fingerprint density at radius 1 is 0.828 bits per heavy atom. The molecule has 9 nitrogen and oxygen atoms in total. The summed E-state index contributed by atoms with van der Waals surface area (Å²) < 4.78 is 22.8. The second-order valence-corrected chi connectivity index (χ2v) is 6.29. The lowest BCUT2D eigenvalue weighted by molar-refractivity contribution is 0.0721. The van der Waals surface area contributed by atoms with Gasteiger partial charge >= 0.3 is 5.97 Å². The highest BCUT2D eigenvalue weighted by molar-refractivity contribution is 5.92. The molecule has 0 atom stereocenters. The maximum atomic E-state index is 12.8. The van der Waals surface area contributed by atoms with Gasteiger partial charge in [0.1, 0.15) is 0 Å². The van der Waals surface area contributed by atoms with Crippen LogP contribution in [0.5, 0.6) is 23.1 Å². The highest BCUT2D eigenvalue weighted by Crippen LogP contribution is 2.38. The number of aromatic nitrogens is 4. The van der Waals surface area contributed by atoms with E-state index in [1.54, 1.807) is 13.0 Å². The molecule has 3 aromatic rings. The van der Waals surface area contributed by atoms with Crippen molar-refractivity contribution >= 4 is 5.97 Å². The summed E-state index contributed by atoms with van der Waals surface area (Å²) in [5.74, 6) is 0.989. The summed E-state index contributed by atoms with van der Waals surface area (Å²) in [6, 6.07) is 6.52. The zero-order valence-electron chi connectivity index (χ0n) is 17.1. The Morgan fingerprint density at radius 3 is 1.93 bits per heavy atom. The maximum absolute atomic E-state index is 12.8. The van der Waals surface area contributed by atoms with Crippen molar-refractivity contribution in [1.29, 1.82) is 0 Å². The second kappa shape index (κ2) is 8.17. The van der Waals surface area contributed by atoms with E-state index < -0.39 is 5.97 Å². The Bertz CT molecular complexity index is 1020. The van der Waals surface area contributed by atoms with Crippen LogP contribution in [0, 0.1) is 20.8 Å². The number of esters is 1. The highest BCUT2D eigenvalue weighted by atomic mass is 16.5. The first-order chi connectivity index (χ1) is 13.9. The van der Waals surface area contributed by atoms with E-state index in [1.807, 2.05) is 19.9 Å². The second-order valence-electron chi connectivity index (χ2n) is 6.29. The maximum Gasteiger partial charge on any atom is 0.345 e. The van der Waals surface area contributed by atoms with Gasteiger partial charge in [-0.15, -0.1) is 0 Å². The fourth-order valence-corrected chi connectivity index (χ4v) is 2.85. The number of hydrogen-bond donors (Lipinski definition) is 0. The van der Waals surface area contributed by atoms with Gasteiger partial charge in [-0.3, -0.25) is 0 Å². The predicted octanol–water partition coefficient (Wildman–Crippen LogP) is 2.83. The van der Waals surface area contributed by atoms with E-state index in [1.165, 1.54) is 38.1 Å². The molecule has 152 valence electrons. The number of rotatable bonds is 6. The number of methoxy groups -OCH3 is 3. The van der Waals surface area contributed by atoms with Gasteiger partial charge in [0.2, 0.25) is 11.6 Å². The number of carbonyl (C=O) groups is 1. The van der Waals surface area contributed by atoms with E-state index in [2.05, 4.69) is 15.1 Å². The first-order valence-electron chi connectivity index (χ1n) is 8.77. The fourth-order valence-electron chi connectivity index (χ4n) is 2.85. The number of nitrogens with zero attached hydrogens (tertiary/aromatic N) is 4. The molecule has 0 aliphatic carbocycles. The molecule has 0 radical (unpaired) electrons. The van der Waals surface area contributed by atoms with Crippen LogP contribution >= 0.6 is 0 Å². The van der Waals surface area contributed by atoms with E-state index in [-0.39, 0.29) is 11.4 Å². The third-order valence-electron chi connectivity index (χ3n) is 4.06. The lowest BCUT2D eigenvalue weighted by Gasteiger charge is -2.14. The molecule has 3 rings (SSSR count). The van der Waals surface area contributed by atoms with Crippen LogP contribution in [0.1, 0.15) is 27.4 Å². The molecule has 0 saturated carbocycles. The standard InChI is InChI=1S/C20H22N4O5/c1-11-7-12(2)22-20(21-11)24-17(8-13(3)23-24)29-19(25)14-9-15(26-4)18(28-6)16(10-14)27-5/h7-10H,1-6H3. The van der Waals surface area contributed by atoms with Crippen molar-refractivity contribution in [3.8, 4) is 29.1 Å². The zero-order chi connectivity index (χ0) is 21.1. The Kier molecular flexibility index (Phi) is 5.67. The third kappa shape index (κ3) is 4.13. The molecule has 0 unspecified atom stereocenters. The monoisotopic (exact) mass is 398 g/mol. The van der Waals surface area contributed by atoms with Crippen LogP contribution in [0.3, 0.4) is 0 Å². The molecule has 29 heavy (non-hydrogen) atoms. The van der Waals surface area contributed by atoms with Crippen LogP contribution in [0.4, 0.5) is 0 Å². The lowest BCUT2D eigenvalue weighted by Crippen LogP contribution is -2.14. The van der Waals surface area contributed by atoms with Crippen molar-refractivity contribution in [1.82, 2.24) is 19.7 Å². The Labute approximate surface area is 168 Å². The SMILES string of the molecule is COc1cc(C(=O)Oc2cc(C)nn2-c2nc(C)cc(C)n2)cc(OC)c1OC. The van der Waals surface area contributed by atoms with E-state index in [4.69, 9.17) is 18.9 Å². The van der Waals surface area contributed by atoms with Crippen LogP contribution in [0.15, 0.2) is 24.3 Å². The van der Waals surface area contributed by atoms with Crippen molar-refractivity contribution in [2.24, 2.45) is 0 Å². The summed E-state index contributed by atoms with van der Waals surface area (Å²) in [6.07, 6.45) is 0. The first-order valence-corrected chi connectivity index (χ1v) is 8.77. The molecule has 0 bridgehead atoms. The summed E-state index contributed by atoms with van der Waals surface area (Å²) in [5, 5.41) is 4.35. The van der Waals surface area contributed by atoms with Crippen LogP contribution in [-0.4, -0.2) is 47.0 Å². The zero-order valence-corrected chi connectivity index (χ0v) is 17.1. The Balaban J connectivity index is 1.98. The van der Waals surface area contributed by atoms with Gasteiger partial charge in [0.15, 0.2) is 11.5 Å². The van der Waals surface area contributed by atoms with E-state index in [0.29, 0.717) is 28.9 Å². The molecule has 0 aliphatic heterocycles. The smallest absolute Gasteiger partial charge is 0.345 e. The van der Waals surface area contributed by atoms with Gasteiger partial charge in [-0.2, -0.15) is 9.78 Å². The van der Waals surface area contributed by atoms with Gasteiger partial charge in [0.25, 0.3) is 5.95 Å². The third-order valence-corrected chi connectivity index (χ3v) is 4.06. The largest absolute Gasteiger partial charge is 0.493 e. The molecule has 0 amide bonds. The summed E-state index contributed by atoms with van der Waals surface area (Å²) >= 11 is 0. The minimum absolute atomic E-state index is 0.200. The van der Waals surface area contributed by atoms with Gasteiger partial charge in [-0.25, -0.2) is 14.8 Å². The van der Waals surface area contributed by atoms with Crippen molar-refractivity contribution in [2.45, 2.75) is 20.8 Å². The molecule has 0 aliphatic rings. The van der Waals surface area contributed by atoms with E-state index >= 15 is 0 Å². The molecule has 2 aromatic heterocycles. The quantitative estimate of drug-likeness (QED) is 0.585. The van der Waals surface area contributed by atoms with E-state index in [9.17, 15) is 4.79 Å². The van der Waals surface area contributed by atoms with E-state index in [0.717, 1.165) is 11.4 Å². The number of aryl methyl sites for hydroxylation is 3. The molecule has 0 saturated heterocycles. The summed E-state index contributed by atoms with van der Waals surface area (Å²) in [7, 11) is 4.44. The topological polar surface area (TPSA) is 97.6 Å². The van der Waals surface area contributed by atoms with Crippen LogP contribution < -0.4 is 18.9 Å². The van der Waals surface area contributed by atoms with Crippen LogP contribution in [0.2, 0.25) is 0 Å². The molecule has 9 heteroatoms. The molecule has 0 N–H and O–H groups in total. The molecule has 0 fully saturated rings. The fraction of sp³-hybridized carbons (Fsp3) is 0.300. The van der Waals surface area contributed by atoms with Gasteiger partial charge in [-0.05, 0) is 39.0 Å². The molecular formula is C20H22N4O5. The van der Waals surface area contributed by atoms with Crippen molar-refractivity contribution in [2.75, 3.05) is 21.3 Å². The van der Waals surface area contributed by atoms with Crippen molar-refractivity contribution in [3.63, 3.8) is 0 Å². The van der Waals surface area contributed by atoms with Crippen LogP contribution in [0.25, 0.3) is 5.95 Å². The van der Waals surface area contributed by atoms with Gasteiger partial charge in [0, 0.05) is 17.5 Å². The van der Waals surface area contributed by atoms with Gasteiger partial charge in [0.05, 0.1) is 32.6 Å². The minimum atomic E-state index is -0.616. The number of ether oxygens (including phenoxy) is 4. The number of hydrogen-bond acceptors (Lipinski definition) is 8. The Morgan fingerprint density at radius 2 is 1.41 bits per heavy atom. The minimum Gasteiger partial charge on any atom is -0.493 e. The molecular weight excluding hydrogens is 376 g/mol. The van der Waals surface area contributed by atoms with Crippen molar-refractivity contribution in [3.05, 3.63) is 46.9 Å². The number of benzene rings is 1. The summed E-state index contributed by atoms with van der Waals surface area (Å²) in [6.45, 7) is 5.50. The summed E-state index contributed by atoms with van der Waals surface area (Å²) in [4.78, 5) is 21.6. The average molecular weight is 398 g/mol. The lowest BCUT2D eigenvalue weighted by atomic mass is 10.2. The molecule has 2 heterocycles. The highest BCUT2D eigenvalue weighted by Gasteiger charge is 2.21. The van der Waals surface area contributed by atoms with Crippen LogP contribution in [-0.2, 0) is 0 Å².